The minimum Gasteiger partial charge on any atom is -0.480 e. The molecule has 0 aliphatic rings. The van der Waals surface area contributed by atoms with Gasteiger partial charge in [0.05, 0.1) is 5.52 Å². The molecular formula is C12H13N3O4S. The minimum atomic E-state index is -3.90. The number of rotatable bonds is 4. The zero-order valence-electron chi connectivity index (χ0n) is 10.6. The molecule has 0 saturated heterocycles. The molecule has 0 aliphatic heterocycles. The number of carbonyl (C=O) groups excluding carboxylic acids is 1. The number of nitrogens with zero attached hydrogens (tertiary/aromatic N) is 1. The lowest BCUT2D eigenvalue weighted by molar-refractivity contribution is -0.123. The largest absolute Gasteiger partial charge is 0.480 e. The smallest absolute Gasteiger partial charge is 0.258 e. The van der Waals surface area contributed by atoms with Crippen LogP contribution in [0.3, 0.4) is 0 Å². The fourth-order valence-corrected chi connectivity index (χ4v) is 2.39. The van der Waals surface area contributed by atoms with E-state index in [0.29, 0.717) is 11.1 Å². The van der Waals surface area contributed by atoms with Crippen molar-refractivity contribution in [2.75, 3.05) is 0 Å². The fourth-order valence-electron chi connectivity index (χ4n) is 1.70. The Balaban J connectivity index is 2.63. The molecule has 0 bridgehead atoms. The first kappa shape index (κ1) is 14.2. The third kappa shape index (κ3) is 2.70. The summed E-state index contributed by atoms with van der Waals surface area (Å²) in [4.78, 5) is 14.9. The number of hydrogen-bond acceptors (Lipinski definition) is 5. The summed E-state index contributed by atoms with van der Waals surface area (Å²) in [6.45, 7) is 1.50. The summed E-state index contributed by atoms with van der Waals surface area (Å²) >= 11 is 0. The zero-order valence-corrected chi connectivity index (χ0v) is 11.4. The van der Waals surface area contributed by atoms with Gasteiger partial charge in [-0.25, -0.2) is 13.6 Å². The summed E-state index contributed by atoms with van der Waals surface area (Å²) in [6.07, 6.45) is 0.594. The minimum absolute atomic E-state index is 0.104. The molecule has 106 valence electrons. The van der Waals surface area contributed by atoms with Gasteiger partial charge in [0.1, 0.15) is 10.6 Å². The highest BCUT2D eigenvalue weighted by Crippen LogP contribution is 2.29. The topological polar surface area (TPSA) is 125 Å². The number of amides is 1. The molecule has 2 aromatic rings. The standard InChI is InChI=1S/C12H13N3O4S/c1-7(12(13)16)19-9-4-5-10(20(14,17)18)11-8(9)3-2-6-15-11/h2-7H,1H3,(H2,13,16)(H2,14,17,18). The van der Waals surface area contributed by atoms with E-state index in [1.54, 1.807) is 12.1 Å². The van der Waals surface area contributed by atoms with Crippen molar-refractivity contribution in [1.29, 1.82) is 0 Å². The van der Waals surface area contributed by atoms with Crippen molar-refractivity contribution < 1.29 is 17.9 Å². The Bertz CT molecular complexity index is 773. The number of hydrogen-bond donors (Lipinski definition) is 2. The van der Waals surface area contributed by atoms with Gasteiger partial charge in [0, 0.05) is 11.6 Å². The first-order valence-corrected chi connectivity index (χ1v) is 7.22. The number of aromatic nitrogens is 1. The lowest BCUT2D eigenvalue weighted by atomic mass is 10.2. The van der Waals surface area contributed by atoms with Crippen LogP contribution in [0.15, 0.2) is 35.4 Å². The summed E-state index contributed by atoms with van der Waals surface area (Å²) in [5, 5.41) is 5.58. The van der Waals surface area contributed by atoms with Gasteiger partial charge in [-0.1, -0.05) is 0 Å². The average Bonchev–Trinajstić information content (AvgIpc) is 2.37. The Morgan fingerprint density at radius 2 is 2.05 bits per heavy atom. The van der Waals surface area contributed by atoms with Crippen molar-refractivity contribution in [2.24, 2.45) is 10.9 Å². The first-order valence-electron chi connectivity index (χ1n) is 5.67. The number of primary sulfonamides is 1. The quantitative estimate of drug-likeness (QED) is 0.829. The van der Waals surface area contributed by atoms with Gasteiger partial charge in [-0.3, -0.25) is 9.78 Å². The van der Waals surface area contributed by atoms with E-state index in [9.17, 15) is 13.2 Å². The lowest BCUT2D eigenvalue weighted by Gasteiger charge is -2.14. The van der Waals surface area contributed by atoms with Crippen molar-refractivity contribution in [3.63, 3.8) is 0 Å². The molecule has 0 aliphatic carbocycles. The molecule has 20 heavy (non-hydrogen) atoms. The Hall–Kier alpha value is -2.19. The Morgan fingerprint density at radius 3 is 2.65 bits per heavy atom. The van der Waals surface area contributed by atoms with E-state index in [2.05, 4.69) is 4.98 Å². The van der Waals surface area contributed by atoms with Crippen LogP contribution in [0, 0.1) is 0 Å². The number of nitrogens with two attached hydrogens (primary N) is 2. The lowest BCUT2D eigenvalue weighted by Crippen LogP contribution is -2.30. The van der Waals surface area contributed by atoms with E-state index < -0.39 is 22.0 Å². The van der Waals surface area contributed by atoms with Crippen molar-refractivity contribution in [1.82, 2.24) is 4.98 Å². The fraction of sp³-hybridized carbons (Fsp3) is 0.167. The second-order valence-electron chi connectivity index (χ2n) is 4.17. The van der Waals surface area contributed by atoms with Gasteiger partial charge < -0.3 is 10.5 Å². The molecule has 1 heterocycles. The van der Waals surface area contributed by atoms with Gasteiger partial charge in [0.15, 0.2) is 6.10 Å². The second kappa shape index (κ2) is 5.06. The molecule has 1 unspecified atom stereocenters. The molecule has 1 amide bonds. The summed E-state index contributed by atoms with van der Waals surface area (Å²) in [5.74, 6) is -0.315. The molecule has 7 nitrogen and oxygen atoms in total. The Kier molecular flexibility index (Phi) is 3.60. The van der Waals surface area contributed by atoms with E-state index in [0.717, 1.165) is 0 Å². The number of primary amides is 1. The first-order chi connectivity index (χ1) is 9.30. The van der Waals surface area contributed by atoms with Crippen molar-refractivity contribution in [3.8, 4) is 5.75 Å². The van der Waals surface area contributed by atoms with E-state index in [1.165, 1.54) is 25.3 Å². The number of ether oxygens (including phenoxy) is 1. The van der Waals surface area contributed by atoms with Gasteiger partial charge in [-0.2, -0.15) is 0 Å². The van der Waals surface area contributed by atoms with Crippen LogP contribution < -0.4 is 15.6 Å². The van der Waals surface area contributed by atoms with Crippen LogP contribution >= 0.6 is 0 Å². The van der Waals surface area contributed by atoms with Crippen LogP contribution in [0.2, 0.25) is 0 Å². The Labute approximate surface area is 115 Å². The molecule has 0 fully saturated rings. The number of sulfonamides is 1. The highest BCUT2D eigenvalue weighted by Gasteiger charge is 2.18. The molecule has 2 rings (SSSR count). The third-order valence-corrected chi connectivity index (χ3v) is 3.65. The predicted molar refractivity (Wildman–Crippen MR) is 72.4 cm³/mol. The van der Waals surface area contributed by atoms with Crippen LogP contribution in [-0.4, -0.2) is 25.4 Å². The maximum Gasteiger partial charge on any atom is 0.258 e. The molecule has 0 saturated carbocycles. The predicted octanol–water partition coefficient (Wildman–Crippen LogP) is 0.135. The summed E-state index contributed by atoms with van der Waals surface area (Å²) in [6, 6.07) is 5.95. The SMILES string of the molecule is CC(Oc1ccc(S(N)(=O)=O)c2ncccc12)C(N)=O. The maximum atomic E-state index is 11.5. The zero-order chi connectivity index (χ0) is 14.9. The van der Waals surface area contributed by atoms with E-state index in [1.807, 2.05) is 0 Å². The van der Waals surface area contributed by atoms with Crippen molar-refractivity contribution in [3.05, 3.63) is 30.5 Å². The van der Waals surface area contributed by atoms with Crippen molar-refractivity contribution in [2.45, 2.75) is 17.9 Å². The van der Waals surface area contributed by atoms with Gasteiger partial charge in [-0.05, 0) is 31.2 Å². The van der Waals surface area contributed by atoms with Crippen LogP contribution in [-0.2, 0) is 14.8 Å². The van der Waals surface area contributed by atoms with Crippen LogP contribution in [0.4, 0.5) is 0 Å². The molecule has 1 aromatic carbocycles. The van der Waals surface area contributed by atoms with Crippen molar-refractivity contribution >= 4 is 26.8 Å². The summed E-state index contributed by atoms with van der Waals surface area (Å²) < 4.78 is 28.4. The number of fused-ring (bicyclic) bond motifs is 1. The molecule has 4 N–H and O–H groups in total. The van der Waals surface area contributed by atoms with E-state index in [-0.39, 0.29) is 10.4 Å². The van der Waals surface area contributed by atoms with Crippen LogP contribution in [0.1, 0.15) is 6.92 Å². The maximum absolute atomic E-state index is 11.5. The normalized spacial score (nSPS) is 13.1. The van der Waals surface area contributed by atoms with Gasteiger partial charge in [0.2, 0.25) is 10.0 Å². The summed E-state index contributed by atoms with van der Waals surface area (Å²) in [7, 11) is -3.90. The molecule has 1 atom stereocenters. The second-order valence-corrected chi connectivity index (χ2v) is 5.70. The average molecular weight is 295 g/mol. The van der Waals surface area contributed by atoms with Gasteiger partial charge in [0.25, 0.3) is 5.91 Å². The number of benzene rings is 1. The van der Waals surface area contributed by atoms with Gasteiger partial charge >= 0.3 is 0 Å². The highest BCUT2D eigenvalue weighted by molar-refractivity contribution is 7.89. The molecule has 0 radical (unpaired) electrons. The monoisotopic (exact) mass is 295 g/mol. The molecular weight excluding hydrogens is 282 g/mol. The van der Waals surface area contributed by atoms with Crippen LogP contribution in [0.25, 0.3) is 10.9 Å². The molecule has 1 aromatic heterocycles. The van der Waals surface area contributed by atoms with Crippen LogP contribution in [0.5, 0.6) is 5.75 Å². The molecule has 8 heteroatoms. The van der Waals surface area contributed by atoms with Gasteiger partial charge in [-0.15, -0.1) is 0 Å². The number of carbonyl (C=O) groups is 1. The molecule has 0 spiro atoms. The summed E-state index contributed by atoms with van der Waals surface area (Å²) in [5.41, 5.74) is 5.32. The Morgan fingerprint density at radius 1 is 1.35 bits per heavy atom. The number of pyridine rings is 1. The highest BCUT2D eigenvalue weighted by atomic mass is 32.2. The van der Waals surface area contributed by atoms with E-state index >= 15 is 0 Å². The van der Waals surface area contributed by atoms with E-state index in [4.69, 9.17) is 15.6 Å². The third-order valence-electron chi connectivity index (χ3n) is 2.70.